The number of amides is 1. The molecule has 1 atom stereocenters. The number of rotatable bonds is 6. The average molecular weight is 434 g/mol. The monoisotopic (exact) mass is 434 g/mol. The summed E-state index contributed by atoms with van der Waals surface area (Å²) in [5.41, 5.74) is 0.892. The first-order valence-electron chi connectivity index (χ1n) is 9.89. The maximum Gasteiger partial charge on any atom is 0.243 e. The molecule has 1 N–H and O–H groups in total. The Kier molecular flexibility index (Phi) is 5.92. The van der Waals surface area contributed by atoms with Crippen LogP contribution in [0.3, 0.4) is 0 Å². The van der Waals surface area contributed by atoms with Crippen molar-refractivity contribution in [3.63, 3.8) is 0 Å². The van der Waals surface area contributed by atoms with E-state index in [1.807, 2.05) is 0 Å². The van der Waals surface area contributed by atoms with Gasteiger partial charge in [0.15, 0.2) is 11.5 Å². The van der Waals surface area contributed by atoms with Gasteiger partial charge < -0.3 is 14.8 Å². The number of nitrogens with one attached hydrogen (secondary N) is 1. The quantitative estimate of drug-likeness (QED) is 0.753. The van der Waals surface area contributed by atoms with Crippen LogP contribution in [0.4, 0.5) is 4.39 Å². The predicted octanol–water partition coefficient (Wildman–Crippen LogP) is 2.11. The Balaban J connectivity index is 1.43. The molecule has 2 aromatic carbocycles. The van der Waals surface area contributed by atoms with Crippen LogP contribution in [0.15, 0.2) is 47.4 Å². The SMILES string of the molecule is O=C(NCCc1ccc(F)cc1)C1CCCN1S(=O)(=O)c1ccc2c(c1)OCCO2. The van der Waals surface area contributed by atoms with Gasteiger partial charge in [0, 0.05) is 19.2 Å². The summed E-state index contributed by atoms with van der Waals surface area (Å²) in [6, 6.07) is 9.82. The summed E-state index contributed by atoms with van der Waals surface area (Å²) in [5, 5.41) is 2.81. The lowest BCUT2D eigenvalue weighted by atomic mass is 10.1. The number of carbonyl (C=O) groups excluding carboxylic acids is 1. The summed E-state index contributed by atoms with van der Waals surface area (Å²) in [6.45, 7) is 1.41. The lowest BCUT2D eigenvalue weighted by Crippen LogP contribution is -2.46. The molecule has 0 bridgehead atoms. The van der Waals surface area contributed by atoms with Gasteiger partial charge >= 0.3 is 0 Å². The second kappa shape index (κ2) is 8.61. The molecule has 0 aromatic heterocycles. The van der Waals surface area contributed by atoms with E-state index in [4.69, 9.17) is 9.47 Å². The van der Waals surface area contributed by atoms with Crippen molar-refractivity contribution >= 4 is 15.9 Å². The predicted molar refractivity (Wildman–Crippen MR) is 107 cm³/mol. The number of fused-ring (bicyclic) bond motifs is 1. The van der Waals surface area contributed by atoms with Gasteiger partial charge in [-0.2, -0.15) is 4.31 Å². The number of ether oxygens (including phenoxy) is 2. The molecule has 1 amide bonds. The van der Waals surface area contributed by atoms with E-state index < -0.39 is 16.1 Å². The third kappa shape index (κ3) is 4.27. The molecule has 7 nitrogen and oxygen atoms in total. The minimum atomic E-state index is -3.85. The Morgan fingerprint density at radius 1 is 1.10 bits per heavy atom. The first-order valence-corrected chi connectivity index (χ1v) is 11.3. The van der Waals surface area contributed by atoms with Crippen LogP contribution in [0.2, 0.25) is 0 Å². The van der Waals surface area contributed by atoms with Crippen LogP contribution in [0.5, 0.6) is 11.5 Å². The van der Waals surface area contributed by atoms with Crippen LogP contribution >= 0.6 is 0 Å². The summed E-state index contributed by atoms with van der Waals surface area (Å²) in [6.07, 6.45) is 1.61. The molecule has 1 saturated heterocycles. The van der Waals surface area contributed by atoms with Gasteiger partial charge in [-0.05, 0) is 49.1 Å². The maximum atomic E-state index is 13.2. The zero-order valence-corrected chi connectivity index (χ0v) is 17.2. The first-order chi connectivity index (χ1) is 14.4. The van der Waals surface area contributed by atoms with Crippen LogP contribution in [0, 0.1) is 5.82 Å². The highest BCUT2D eigenvalue weighted by molar-refractivity contribution is 7.89. The fourth-order valence-electron chi connectivity index (χ4n) is 3.71. The normalized spacial score (nSPS) is 18.9. The van der Waals surface area contributed by atoms with Crippen molar-refractivity contribution in [2.45, 2.75) is 30.2 Å². The zero-order valence-electron chi connectivity index (χ0n) is 16.3. The van der Waals surface area contributed by atoms with E-state index in [1.54, 1.807) is 18.2 Å². The van der Waals surface area contributed by atoms with Gasteiger partial charge in [0.2, 0.25) is 15.9 Å². The smallest absolute Gasteiger partial charge is 0.243 e. The van der Waals surface area contributed by atoms with E-state index in [0.717, 1.165) is 5.56 Å². The van der Waals surface area contributed by atoms with E-state index in [2.05, 4.69) is 5.32 Å². The second-order valence-corrected chi connectivity index (χ2v) is 9.14. The van der Waals surface area contributed by atoms with Crippen LogP contribution in [0.1, 0.15) is 18.4 Å². The van der Waals surface area contributed by atoms with Gasteiger partial charge in [0.05, 0.1) is 4.90 Å². The molecule has 4 rings (SSSR count). The van der Waals surface area contributed by atoms with E-state index in [1.165, 1.54) is 28.6 Å². The fourth-order valence-corrected chi connectivity index (χ4v) is 5.38. The van der Waals surface area contributed by atoms with Gasteiger partial charge in [0.1, 0.15) is 25.1 Å². The highest BCUT2D eigenvalue weighted by atomic mass is 32.2. The van der Waals surface area contributed by atoms with Crippen LogP contribution < -0.4 is 14.8 Å². The molecule has 1 unspecified atom stereocenters. The number of nitrogens with zero attached hydrogens (tertiary/aromatic N) is 1. The maximum absolute atomic E-state index is 13.2. The minimum absolute atomic E-state index is 0.0813. The van der Waals surface area contributed by atoms with Crippen molar-refractivity contribution in [3.05, 3.63) is 53.8 Å². The molecular weight excluding hydrogens is 411 g/mol. The van der Waals surface area contributed by atoms with Crippen LogP contribution in [-0.4, -0.2) is 51.0 Å². The van der Waals surface area contributed by atoms with E-state index in [-0.39, 0.29) is 23.2 Å². The summed E-state index contributed by atoms with van der Waals surface area (Å²) in [7, 11) is -3.85. The van der Waals surface area contributed by atoms with Crippen LogP contribution in [-0.2, 0) is 21.2 Å². The molecule has 30 heavy (non-hydrogen) atoms. The van der Waals surface area contributed by atoms with Gasteiger partial charge in [-0.1, -0.05) is 12.1 Å². The van der Waals surface area contributed by atoms with Crippen molar-refractivity contribution in [2.75, 3.05) is 26.3 Å². The van der Waals surface area contributed by atoms with Crippen molar-refractivity contribution in [1.29, 1.82) is 0 Å². The lowest BCUT2D eigenvalue weighted by Gasteiger charge is -2.24. The van der Waals surface area contributed by atoms with E-state index in [0.29, 0.717) is 50.5 Å². The number of carbonyl (C=O) groups is 1. The average Bonchev–Trinajstić information content (AvgIpc) is 3.26. The molecule has 0 aliphatic carbocycles. The van der Waals surface area contributed by atoms with Crippen molar-refractivity contribution in [3.8, 4) is 11.5 Å². The molecule has 0 radical (unpaired) electrons. The molecule has 2 aromatic rings. The van der Waals surface area contributed by atoms with Gasteiger partial charge in [-0.25, -0.2) is 12.8 Å². The van der Waals surface area contributed by atoms with Crippen molar-refractivity contribution in [1.82, 2.24) is 9.62 Å². The third-order valence-electron chi connectivity index (χ3n) is 5.25. The standard InChI is InChI=1S/C21H23FN2O5S/c22-16-5-3-15(4-6-16)9-10-23-21(25)18-2-1-11-24(18)30(26,27)17-7-8-19-20(14-17)29-13-12-28-19/h3-8,14,18H,1-2,9-13H2,(H,23,25). The first kappa shape index (κ1) is 20.6. The number of benzene rings is 2. The molecule has 1 fully saturated rings. The number of halogens is 1. The topological polar surface area (TPSA) is 84.9 Å². The van der Waals surface area contributed by atoms with E-state index >= 15 is 0 Å². The molecule has 0 saturated carbocycles. The molecular formula is C21H23FN2O5S. The van der Waals surface area contributed by atoms with Crippen molar-refractivity contribution < 1.29 is 27.1 Å². The highest BCUT2D eigenvalue weighted by Gasteiger charge is 2.39. The van der Waals surface area contributed by atoms with Gasteiger partial charge in [-0.15, -0.1) is 0 Å². The number of hydrogen-bond donors (Lipinski definition) is 1. The zero-order chi connectivity index (χ0) is 21.1. The molecule has 2 aliphatic heterocycles. The second-order valence-electron chi connectivity index (χ2n) is 7.25. The van der Waals surface area contributed by atoms with Crippen LogP contribution in [0.25, 0.3) is 0 Å². The molecule has 9 heteroatoms. The Morgan fingerprint density at radius 2 is 1.83 bits per heavy atom. The Hall–Kier alpha value is -2.65. The van der Waals surface area contributed by atoms with Gasteiger partial charge in [-0.3, -0.25) is 4.79 Å². The van der Waals surface area contributed by atoms with E-state index in [9.17, 15) is 17.6 Å². The fraction of sp³-hybridized carbons (Fsp3) is 0.381. The summed E-state index contributed by atoms with van der Waals surface area (Å²) >= 11 is 0. The number of sulfonamides is 1. The Labute approximate surface area is 174 Å². The molecule has 0 spiro atoms. The largest absolute Gasteiger partial charge is 0.486 e. The Morgan fingerprint density at radius 3 is 2.60 bits per heavy atom. The summed E-state index contributed by atoms with van der Waals surface area (Å²) < 4.78 is 51.5. The summed E-state index contributed by atoms with van der Waals surface area (Å²) in [4.78, 5) is 12.8. The third-order valence-corrected chi connectivity index (χ3v) is 7.16. The van der Waals surface area contributed by atoms with Crippen molar-refractivity contribution in [2.24, 2.45) is 0 Å². The highest BCUT2D eigenvalue weighted by Crippen LogP contribution is 2.34. The minimum Gasteiger partial charge on any atom is -0.486 e. The number of hydrogen-bond acceptors (Lipinski definition) is 5. The Bertz CT molecular complexity index is 1030. The molecule has 2 heterocycles. The van der Waals surface area contributed by atoms with Gasteiger partial charge in [0.25, 0.3) is 0 Å². The lowest BCUT2D eigenvalue weighted by molar-refractivity contribution is -0.124. The molecule has 2 aliphatic rings. The molecule has 160 valence electrons. The summed E-state index contributed by atoms with van der Waals surface area (Å²) in [5.74, 6) is 0.267.